The molecule has 0 aliphatic heterocycles. The molecule has 1 aliphatic carbocycles. The number of aryl methyl sites for hydroxylation is 1. The van der Waals surface area contributed by atoms with Crippen molar-refractivity contribution < 1.29 is 10.2 Å². The molecule has 30 heavy (non-hydrogen) atoms. The third-order valence-corrected chi connectivity index (χ3v) is 6.38. The standard InChI is InChI=1S/C28H44O2/c1-3-5-7-9-11-13-16-24-17-15-18-25(22-24)26-20-21-28(29,30)27(23-26)19-14-12-10-8-6-4-2/h15,17-18,20-23,27,29-30H,3-14,16,19H2,1-2H3. The van der Waals surface area contributed by atoms with Gasteiger partial charge in [0.05, 0.1) is 0 Å². The highest BCUT2D eigenvalue weighted by Gasteiger charge is 2.32. The van der Waals surface area contributed by atoms with Gasteiger partial charge in [-0.05, 0) is 42.0 Å². The number of rotatable bonds is 15. The Balaban J connectivity index is 1.90. The first-order valence-electron chi connectivity index (χ1n) is 12.5. The average Bonchev–Trinajstić information content (AvgIpc) is 2.74. The molecular weight excluding hydrogens is 368 g/mol. The van der Waals surface area contributed by atoms with E-state index < -0.39 is 5.79 Å². The van der Waals surface area contributed by atoms with E-state index in [1.54, 1.807) is 6.08 Å². The quantitative estimate of drug-likeness (QED) is 0.230. The molecule has 2 rings (SSSR count). The number of hydrogen-bond donors (Lipinski definition) is 2. The van der Waals surface area contributed by atoms with Crippen molar-refractivity contribution in [2.45, 2.75) is 110 Å². The van der Waals surface area contributed by atoms with Crippen LogP contribution < -0.4 is 0 Å². The lowest BCUT2D eigenvalue weighted by atomic mass is 9.84. The van der Waals surface area contributed by atoms with Crippen molar-refractivity contribution in [3.8, 4) is 0 Å². The Hall–Kier alpha value is -1.38. The van der Waals surface area contributed by atoms with Crippen LogP contribution in [0.2, 0.25) is 0 Å². The van der Waals surface area contributed by atoms with Gasteiger partial charge in [0, 0.05) is 5.92 Å². The normalized spacial score (nSPS) is 17.9. The van der Waals surface area contributed by atoms with Gasteiger partial charge < -0.3 is 10.2 Å². The maximum atomic E-state index is 10.4. The van der Waals surface area contributed by atoms with E-state index in [4.69, 9.17) is 0 Å². The van der Waals surface area contributed by atoms with Gasteiger partial charge in [-0.1, -0.05) is 121 Å². The van der Waals surface area contributed by atoms with Crippen LogP contribution in [-0.4, -0.2) is 16.0 Å². The molecule has 2 N–H and O–H groups in total. The van der Waals surface area contributed by atoms with E-state index in [9.17, 15) is 10.2 Å². The minimum atomic E-state index is -1.72. The summed E-state index contributed by atoms with van der Waals surface area (Å²) in [4.78, 5) is 0. The molecule has 0 radical (unpaired) electrons. The molecular formula is C28H44O2. The zero-order chi connectivity index (χ0) is 21.7. The Morgan fingerprint density at radius 2 is 1.43 bits per heavy atom. The predicted molar refractivity (Wildman–Crippen MR) is 129 cm³/mol. The van der Waals surface area contributed by atoms with Gasteiger partial charge in [0.25, 0.3) is 0 Å². The lowest BCUT2D eigenvalue weighted by Crippen LogP contribution is -2.36. The molecule has 2 heteroatoms. The van der Waals surface area contributed by atoms with E-state index in [1.165, 1.54) is 81.8 Å². The van der Waals surface area contributed by atoms with Crippen molar-refractivity contribution in [3.05, 3.63) is 53.6 Å². The van der Waals surface area contributed by atoms with Crippen LogP contribution in [0, 0.1) is 5.92 Å². The van der Waals surface area contributed by atoms with Gasteiger partial charge in [-0.15, -0.1) is 0 Å². The molecule has 0 saturated carbocycles. The van der Waals surface area contributed by atoms with Gasteiger partial charge in [-0.25, -0.2) is 0 Å². The number of benzene rings is 1. The summed E-state index contributed by atoms with van der Waals surface area (Å²) in [6.45, 7) is 4.49. The summed E-state index contributed by atoms with van der Waals surface area (Å²) >= 11 is 0. The summed E-state index contributed by atoms with van der Waals surface area (Å²) in [6.07, 6.45) is 22.7. The Kier molecular flexibility index (Phi) is 11.5. The molecule has 0 aromatic heterocycles. The second-order valence-electron chi connectivity index (χ2n) is 9.12. The van der Waals surface area contributed by atoms with Crippen LogP contribution in [-0.2, 0) is 6.42 Å². The second-order valence-corrected chi connectivity index (χ2v) is 9.12. The maximum absolute atomic E-state index is 10.4. The highest BCUT2D eigenvalue weighted by molar-refractivity contribution is 5.76. The topological polar surface area (TPSA) is 40.5 Å². The molecule has 1 aromatic rings. The molecule has 0 heterocycles. The van der Waals surface area contributed by atoms with Crippen LogP contribution in [0.5, 0.6) is 0 Å². The first kappa shape index (κ1) is 24.9. The summed E-state index contributed by atoms with van der Waals surface area (Å²) < 4.78 is 0. The van der Waals surface area contributed by atoms with Crippen molar-refractivity contribution >= 4 is 5.57 Å². The fourth-order valence-electron chi connectivity index (χ4n) is 4.38. The van der Waals surface area contributed by atoms with E-state index in [0.717, 1.165) is 24.8 Å². The molecule has 1 unspecified atom stereocenters. The first-order chi connectivity index (χ1) is 14.6. The molecule has 2 nitrogen and oxygen atoms in total. The third-order valence-electron chi connectivity index (χ3n) is 6.38. The van der Waals surface area contributed by atoms with E-state index in [2.05, 4.69) is 44.2 Å². The van der Waals surface area contributed by atoms with Gasteiger partial charge in [0.1, 0.15) is 0 Å². The zero-order valence-electron chi connectivity index (χ0n) is 19.4. The van der Waals surface area contributed by atoms with Crippen molar-refractivity contribution in [1.29, 1.82) is 0 Å². The molecule has 0 spiro atoms. The fraction of sp³-hybridized carbons (Fsp3) is 0.643. The van der Waals surface area contributed by atoms with Crippen molar-refractivity contribution in [3.63, 3.8) is 0 Å². The summed E-state index contributed by atoms with van der Waals surface area (Å²) in [6, 6.07) is 8.79. The SMILES string of the molecule is CCCCCCCCc1cccc(C2=CC(CCCCCCCC)C(O)(O)C=C2)c1. The zero-order valence-corrected chi connectivity index (χ0v) is 19.4. The van der Waals surface area contributed by atoms with Crippen LogP contribution in [0.1, 0.15) is 108 Å². The van der Waals surface area contributed by atoms with E-state index in [-0.39, 0.29) is 5.92 Å². The number of unbranched alkanes of at least 4 members (excludes halogenated alkanes) is 10. The van der Waals surface area contributed by atoms with Gasteiger partial charge in [-0.2, -0.15) is 0 Å². The Morgan fingerprint density at radius 1 is 0.800 bits per heavy atom. The van der Waals surface area contributed by atoms with Gasteiger partial charge >= 0.3 is 0 Å². The van der Waals surface area contributed by atoms with Gasteiger partial charge in [0.15, 0.2) is 5.79 Å². The van der Waals surface area contributed by atoms with Crippen LogP contribution in [0.3, 0.4) is 0 Å². The molecule has 1 aliphatic rings. The summed E-state index contributed by atoms with van der Waals surface area (Å²) in [5.74, 6) is -1.95. The minimum absolute atomic E-state index is 0.231. The van der Waals surface area contributed by atoms with E-state index >= 15 is 0 Å². The summed E-state index contributed by atoms with van der Waals surface area (Å²) in [5.41, 5.74) is 3.70. The van der Waals surface area contributed by atoms with Crippen LogP contribution in [0.4, 0.5) is 0 Å². The lowest BCUT2D eigenvalue weighted by molar-refractivity contribution is -0.149. The molecule has 0 bridgehead atoms. The highest BCUT2D eigenvalue weighted by atomic mass is 16.5. The van der Waals surface area contributed by atoms with E-state index in [1.807, 2.05) is 6.08 Å². The van der Waals surface area contributed by atoms with Crippen molar-refractivity contribution in [1.82, 2.24) is 0 Å². The van der Waals surface area contributed by atoms with Crippen molar-refractivity contribution in [2.24, 2.45) is 5.92 Å². The highest BCUT2D eigenvalue weighted by Crippen LogP contribution is 2.33. The van der Waals surface area contributed by atoms with Crippen molar-refractivity contribution in [2.75, 3.05) is 0 Å². The fourth-order valence-corrected chi connectivity index (χ4v) is 4.38. The Labute approximate surface area is 185 Å². The monoisotopic (exact) mass is 412 g/mol. The number of aliphatic hydroxyl groups is 2. The Bertz CT molecular complexity index is 656. The molecule has 168 valence electrons. The van der Waals surface area contributed by atoms with E-state index in [0.29, 0.717) is 0 Å². The molecule has 1 atom stereocenters. The number of allylic oxidation sites excluding steroid dienone is 2. The summed E-state index contributed by atoms with van der Waals surface area (Å²) in [7, 11) is 0. The third kappa shape index (κ3) is 8.78. The predicted octanol–water partition coefficient (Wildman–Crippen LogP) is 7.59. The molecule has 0 amide bonds. The first-order valence-corrected chi connectivity index (χ1v) is 12.5. The lowest BCUT2D eigenvalue weighted by Gasteiger charge is -2.30. The van der Waals surface area contributed by atoms with Gasteiger partial charge in [-0.3, -0.25) is 0 Å². The van der Waals surface area contributed by atoms with Crippen LogP contribution >= 0.6 is 0 Å². The number of hydrogen-bond acceptors (Lipinski definition) is 2. The molecule has 1 aromatic carbocycles. The Morgan fingerprint density at radius 3 is 2.13 bits per heavy atom. The van der Waals surface area contributed by atoms with Crippen LogP contribution in [0.15, 0.2) is 42.5 Å². The maximum Gasteiger partial charge on any atom is 0.189 e. The molecule has 0 fully saturated rings. The molecule has 0 saturated heterocycles. The smallest absolute Gasteiger partial charge is 0.189 e. The average molecular weight is 413 g/mol. The summed E-state index contributed by atoms with van der Waals surface area (Å²) in [5, 5.41) is 20.8. The largest absolute Gasteiger partial charge is 0.362 e. The minimum Gasteiger partial charge on any atom is -0.362 e. The second kappa shape index (κ2) is 13.8. The van der Waals surface area contributed by atoms with Gasteiger partial charge in [0.2, 0.25) is 0 Å². The van der Waals surface area contributed by atoms with Crippen LogP contribution in [0.25, 0.3) is 5.57 Å².